The van der Waals surface area contributed by atoms with Crippen molar-refractivity contribution in [2.75, 3.05) is 5.32 Å². The molecular weight excluding hydrogens is 210 g/mol. The highest BCUT2D eigenvalue weighted by molar-refractivity contribution is 7.09. The SMILES string of the molecule is CC(C)c1nsc(Nc2cnn(C)c2)n1. The maximum Gasteiger partial charge on any atom is 0.207 e. The normalized spacial score (nSPS) is 10.9. The van der Waals surface area contributed by atoms with E-state index in [1.54, 1.807) is 10.9 Å². The van der Waals surface area contributed by atoms with E-state index in [2.05, 4.69) is 33.6 Å². The Morgan fingerprint density at radius 2 is 2.27 bits per heavy atom. The van der Waals surface area contributed by atoms with Crippen LogP contribution in [0, 0.1) is 0 Å². The predicted octanol–water partition coefficient (Wildman–Crippen LogP) is 2.14. The first-order chi connectivity index (χ1) is 7.15. The average Bonchev–Trinajstić information content (AvgIpc) is 2.76. The van der Waals surface area contributed by atoms with Crippen molar-refractivity contribution in [3.8, 4) is 0 Å². The van der Waals surface area contributed by atoms with Crippen molar-refractivity contribution in [2.24, 2.45) is 7.05 Å². The number of nitrogens with zero attached hydrogens (tertiary/aromatic N) is 4. The smallest absolute Gasteiger partial charge is 0.207 e. The van der Waals surface area contributed by atoms with Crippen LogP contribution in [-0.4, -0.2) is 19.1 Å². The molecule has 0 saturated carbocycles. The van der Waals surface area contributed by atoms with Crippen molar-refractivity contribution < 1.29 is 0 Å². The minimum atomic E-state index is 0.366. The van der Waals surface area contributed by atoms with Crippen LogP contribution in [0.5, 0.6) is 0 Å². The zero-order valence-electron chi connectivity index (χ0n) is 8.93. The summed E-state index contributed by atoms with van der Waals surface area (Å²) < 4.78 is 6.00. The molecule has 2 aromatic rings. The summed E-state index contributed by atoms with van der Waals surface area (Å²) in [5.41, 5.74) is 0.934. The Bertz CT molecular complexity index is 445. The van der Waals surface area contributed by atoms with Gasteiger partial charge in [0.15, 0.2) is 0 Å². The lowest BCUT2D eigenvalue weighted by atomic mass is 10.2. The lowest BCUT2D eigenvalue weighted by molar-refractivity contribution is 0.768. The lowest BCUT2D eigenvalue weighted by Gasteiger charge is -1.96. The third-order valence-corrected chi connectivity index (χ3v) is 2.56. The Hall–Kier alpha value is -1.43. The van der Waals surface area contributed by atoms with Crippen molar-refractivity contribution in [2.45, 2.75) is 19.8 Å². The van der Waals surface area contributed by atoms with Crippen LogP contribution in [0.1, 0.15) is 25.6 Å². The Morgan fingerprint density at radius 1 is 1.47 bits per heavy atom. The molecule has 1 N–H and O–H groups in total. The quantitative estimate of drug-likeness (QED) is 0.866. The number of hydrogen-bond acceptors (Lipinski definition) is 5. The van der Waals surface area contributed by atoms with E-state index in [0.717, 1.165) is 16.6 Å². The van der Waals surface area contributed by atoms with Crippen molar-refractivity contribution >= 4 is 22.4 Å². The Morgan fingerprint density at radius 3 is 2.80 bits per heavy atom. The number of aryl methyl sites for hydroxylation is 1. The summed E-state index contributed by atoms with van der Waals surface area (Å²) in [4.78, 5) is 4.37. The molecule has 2 heterocycles. The molecule has 6 heteroatoms. The fraction of sp³-hybridized carbons (Fsp3) is 0.444. The van der Waals surface area contributed by atoms with Gasteiger partial charge in [-0.25, -0.2) is 4.98 Å². The summed E-state index contributed by atoms with van der Waals surface area (Å²) >= 11 is 1.37. The summed E-state index contributed by atoms with van der Waals surface area (Å²) in [6.07, 6.45) is 3.66. The van der Waals surface area contributed by atoms with Crippen LogP contribution in [-0.2, 0) is 7.05 Å². The summed E-state index contributed by atoms with van der Waals surface area (Å²) in [5.74, 6) is 1.25. The van der Waals surface area contributed by atoms with Gasteiger partial charge in [-0.15, -0.1) is 0 Å². The molecule has 0 fully saturated rings. The molecule has 0 aliphatic heterocycles. The molecule has 80 valence electrons. The highest BCUT2D eigenvalue weighted by atomic mass is 32.1. The van der Waals surface area contributed by atoms with E-state index in [1.165, 1.54) is 11.5 Å². The molecule has 0 spiro atoms. The Balaban J connectivity index is 2.11. The molecule has 0 aromatic carbocycles. The maximum absolute atomic E-state index is 4.37. The average molecular weight is 223 g/mol. The van der Waals surface area contributed by atoms with Gasteiger partial charge in [0.1, 0.15) is 5.82 Å². The Labute approximate surface area is 92.3 Å². The van der Waals surface area contributed by atoms with E-state index < -0.39 is 0 Å². The van der Waals surface area contributed by atoms with Crippen LogP contribution in [0.3, 0.4) is 0 Å². The largest absolute Gasteiger partial charge is 0.328 e. The van der Waals surface area contributed by atoms with Gasteiger partial charge >= 0.3 is 0 Å². The molecule has 0 aliphatic carbocycles. The second-order valence-electron chi connectivity index (χ2n) is 3.64. The van der Waals surface area contributed by atoms with Crippen LogP contribution in [0.15, 0.2) is 12.4 Å². The number of anilines is 2. The van der Waals surface area contributed by atoms with E-state index in [-0.39, 0.29) is 0 Å². The van der Waals surface area contributed by atoms with Gasteiger partial charge in [0.05, 0.1) is 11.9 Å². The highest BCUT2D eigenvalue weighted by Gasteiger charge is 2.07. The zero-order chi connectivity index (χ0) is 10.8. The van der Waals surface area contributed by atoms with Crippen LogP contribution in [0.2, 0.25) is 0 Å². The summed E-state index contributed by atoms with van der Waals surface area (Å²) in [6.45, 7) is 4.16. The van der Waals surface area contributed by atoms with Gasteiger partial charge in [-0.3, -0.25) is 4.68 Å². The second-order valence-corrected chi connectivity index (χ2v) is 4.39. The molecule has 0 bridgehead atoms. The third kappa shape index (κ3) is 2.33. The molecule has 0 amide bonds. The number of rotatable bonds is 3. The predicted molar refractivity (Wildman–Crippen MR) is 60.5 cm³/mol. The molecule has 0 saturated heterocycles. The molecule has 15 heavy (non-hydrogen) atoms. The van der Waals surface area contributed by atoms with E-state index in [0.29, 0.717) is 5.92 Å². The first-order valence-corrected chi connectivity index (χ1v) is 5.52. The number of nitrogens with one attached hydrogen (secondary N) is 1. The standard InChI is InChI=1S/C9H13N5S/c1-6(2)8-12-9(15-13-8)11-7-4-10-14(3)5-7/h4-6H,1-3H3,(H,11,12,13). The molecule has 2 rings (SSSR count). The summed E-state index contributed by atoms with van der Waals surface area (Å²) in [6, 6.07) is 0. The molecular formula is C9H13N5S. The zero-order valence-corrected chi connectivity index (χ0v) is 9.75. The Kier molecular flexibility index (Phi) is 2.68. The lowest BCUT2D eigenvalue weighted by Crippen LogP contribution is -1.92. The minimum absolute atomic E-state index is 0.366. The fourth-order valence-corrected chi connectivity index (χ4v) is 1.86. The maximum atomic E-state index is 4.37. The molecule has 2 aromatic heterocycles. The molecule has 0 aliphatic rings. The first kappa shape index (κ1) is 10.1. The summed E-state index contributed by atoms with van der Waals surface area (Å²) in [5, 5.41) is 8.04. The van der Waals surface area contributed by atoms with Gasteiger partial charge in [0.2, 0.25) is 5.13 Å². The van der Waals surface area contributed by atoms with Gasteiger partial charge in [0.25, 0.3) is 0 Å². The molecule has 0 atom stereocenters. The van der Waals surface area contributed by atoms with Crippen LogP contribution in [0.25, 0.3) is 0 Å². The highest BCUT2D eigenvalue weighted by Crippen LogP contribution is 2.20. The fourth-order valence-electron chi connectivity index (χ4n) is 1.13. The minimum Gasteiger partial charge on any atom is -0.328 e. The van der Waals surface area contributed by atoms with Crippen molar-refractivity contribution in [1.82, 2.24) is 19.1 Å². The molecule has 0 radical (unpaired) electrons. The number of aromatic nitrogens is 4. The van der Waals surface area contributed by atoms with Gasteiger partial charge in [-0.2, -0.15) is 9.47 Å². The molecule has 5 nitrogen and oxygen atoms in total. The van der Waals surface area contributed by atoms with Gasteiger partial charge in [-0.1, -0.05) is 13.8 Å². The van der Waals surface area contributed by atoms with Crippen molar-refractivity contribution in [3.63, 3.8) is 0 Å². The first-order valence-electron chi connectivity index (χ1n) is 4.74. The van der Waals surface area contributed by atoms with Gasteiger partial charge < -0.3 is 5.32 Å². The van der Waals surface area contributed by atoms with E-state index in [1.807, 2.05) is 13.2 Å². The van der Waals surface area contributed by atoms with E-state index in [4.69, 9.17) is 0 Å². The summed E-state index contributed by atoms with van der Waals surface area (Å²) in [7, 11) is 1.88. The van der Waals surface area contributed by atoms with Crippen molar-refractivity contribution in [1.29, 1.82) is 0 Å². The van der Waals surface area contributed by atoms with Gasteiger partial charge in [0, 0.05) is 30.7 Å². The molecule has 0 unspecified atom stereocenters. The second kappa shape index (κ2) is 3.98. The third-order valence-electron chi connectivity index (χ3n) is 1.91. The van der Waals surface area contributed by atoms with Crippen LogP contribution in [0.4, 0.5) is 10.8 Å². The van der Waals surface area contributed by atoms with Gasteiger partial charge in [-0.05, 0) is 0 Å². The van der Waals surface area contributed by atoms with E-state index in [9.17, 15) is 0 Å². The topological polar surface area (TPSA) is 55.6 Å². The van der Waals surface area contributed by atoms with Crippen molar-refractivity contribution in [3.05, 3.63) is 18.2 Å². The van der Waals surface area contributed by atoms with Crippen LogP contribution < -0.4 is 5.32 Å². The monoisotopic (exact) mass is 223 g/mol. The number of hydrogen-bond donors (Lipinski definition) is 1. The van der Waals surface area contributed by atoms with E-state index >= 15 is 0 Å². The van der Waals surface area contributed by atoms with Crippen LogP contribution >= 0.6 is 11.5 Å².